The molecule has 3 rings (SSSR count). The Labute approximate surface area is 167 Å². The smallest absolute Gasteiger partial charge is 0.444 e. The predicted molar refractivity (Wildman–Crippen MR) is 98.8 cm³/mol. The first-order valence-electron chi connectivity index (χ1n) is 9.37. The summed E-state index contributed by atoms with van der Waals surface area (Å²) in [5.41, 5.74) is -4.44. The normalized spacial score (nSPS) is 24.4. The van der Waals surface area contributed by atoms with Crippen LogP contribution in [0.4, 0.5) is 18.0 Å². The third-order valence-corrected chi connectivity index (χ3v) is 6.22. The minimum absolute atomic E-state index is 0.0863. The summed E-state index contributed by atoms with van der Waals surface area (Å²) < 4.78 is 69.8. The number of nitrogens with one attached hydrogen (secondary N) is 1. The highest BCUT2D eigenvalue weighted by molar-refractivity contribution is 7.88. The molecule has 29 heavy (non-hydrogen) atoms. The zero-order valence-electron chi connectivity index (χ0n) is 16.4. The van der Waals surface area contributed by atoms with Crippen LogP contribution in [0, 0.1) is 11.8 Å². The van der Waals surface area contributed by atoms with Crippen LogP contribution in [0.5, 0.6) is 5.75 Å². The van der Waals surface area contributed by atoms with Crippen LogP contribution in [-0.2, 0) is 27.7 Å². The average molecular weight is 435 g/mol. The summed E-state index contributed by atoms with van der Waals surface area (Å²) in [7, 11) is -5.71. The molecule has 1 saturated carbocycles. The number of hydrogen-bond acceptors (Lipinski definition) is 5. The summed E-state index contributed by atoms with van der Waals surface area (Å²) >= 11 is 0. The molecule has 162 valence electrons. The van der Waals surface area contributed by atoms with E-state index >= 15 is 0 Å². The first kappa shape index (κ1) is 21.7. The Morgan fingerprint density at radius 1 is 1.07 bits per heavy atom. The van der Waals surface area contributed by atoms with Crippen molar-refractivity contribution in [1.82, 2.24) is 5.32 Å². The third kappa shape index (κ3) is 4.96. The number of ether oxygens (including phenoxy) is 1. The number of benzene rings is 1. The fraction of sp³-hybridized carbons (Fsp3) is 0.632. The molecule has 1 aromatic carbocycles. The topological polar surface area (TPSA) is 81.7 Å². The lowest BCUT2D eigenvalue weighted by atomic mass is 9.93. The van der Waals surface area contributed by atoms with Crippen molar-refractivity contribution in [3.8, 4) is 5.75 Å². The van der Waals surface area contributed by atoms with Crippen molar-refractivity contribution < 1.29 is 35.3 Å². The van der Waals surface area contributed by atoms with Crippen molar-refractivity contribution in [2.75, 3.05) is 0 Å². The third-order valence-electron chi connectivity index (χ3n) is 5.24. The molecule has 2 aliphatic carbocycles. The fourth-order valence-corrected chi connectivity index (χ4v) is 4.54. The minimum Gasteiger partial charge on any atom is -0.444 e. The highest BCUT2D eigenvalue weighted by Gasteiger charge is 2.48. The molecular weight excluding hydrogens is 411 g/mol. The molecule has 0 aliphatic heterocycles. The molecule has 3 atom stereocenters. The summed E-state index contributed by atoms with van der Waals surface area (Å²) in [5.74, 6) is -0.0989. The van der Waals surface area contributed by atoms with Crippen LogP contribution in [0.1, 0.15) is 44.7 Å². The largest absolute Gasteiger partial charge is 0.534 e. The molecule has 6 nitrogen and oxygen atoms in total. The summed E-state index contributed by atoms with van der Waals surface area (Å²) in [5, 5.41) is 2.95. The zero-order chi connectivity index (χ0) is 21.6. The highest BCUT2D eigenvalue weighted by atomic mass is 32.2. The van der Waals surface area contributed by atoms with E-state index in [2.05, 4.69) is 9.50 Å². The molecule has 10 heteroatoms. The van der Waals surface area contributed by atoms with Gasteiger partial charge in [-0.3, -0.25) is 0 Å². The number of rotatable bonds is 3. The number of alkyl halides is 3. The summed E-state index contributed by atoms with van der Waals surface area (Å²) in [6.45, 7) is 5.34. The quantitative estimate of drug-likeness (QED) is 0.575. The standard InChI is InChI=1S/C19H24F3NO5S/c1-18(2,3)27-17(24)23-16-12-4-5-13(16)9-14-10-15(7-6-11(14)8-12)28-29(25,26)19(20,21)22/h6-7,10,12-13,16H,4-5,8-9H2,1-3H3,(H,23,24)/t12?,13-,16+/m1/s1. The van der Waals surface area contributed by atoms with E-state index in [1.165, 1.54) is 12.1 Å². The number of alkyl carbamates (subject to hydrolysis) is 1. The Morgan fingerprint density at radius 2 is 1.66 bits per heavy atom. The van der Waals surface area contributed by atoms with Gasteiger partial charge in [-0.15, -0.1) is 0 Å². The van der Waals surface area contributed by atoms with E-state index in [1.54, 1.807) is 26.8 Å². The number of carbonyl (C=O) groups excluding carboxylic acids is 1. The van der Waals surface area contributed by atoms with E-state index < -0.39 is 27.3 Å². The molecule has 0 aromatic heterocycles. The van der Waals surface area contributed by atoms with E-state index in [0.29, 0.717) is 12.8 Å². The van der Waals surface area contributed by atoms with Gasteiger partial charge in [0.25, 0.3) is 0 Å². The Kier molecular flexibility index (Phi) is 5.53. The molecule has 1 unspecified atom stereocenters. The van der Waals surface area contributed by atoms with Crippen LogP contribution >= 0.6 is 0 Å². The summed E-state index contributed by atoms with van der Waals surface area (Å²) in [6, 6.07) is 4.07. The number of halogens is 3. The molecule has 1 amide bonds. The van der Waals surface area contributed by atoms with Crippen LogP contribution in [0.25, 0.3) is 0 Å². The highest BCUT2D eigenvalue weighted by Crippen LogP contribution is 2.41. The molecule has 0 spiro atoms. The molecule has 2 bridgehead atoms. The second-order valence-corrected chi connectivity index (χ2v) is 10.1. The first-order chi connectivity index (χ1) is 13.2. The molecule has 1 N–H and O–H groups in total. The van der Waals surface area contributed by atoms with Gasteiger partial charge < -0.3 is 14.2 Å². The van der Waals surface area contributed by atoms with Gasteiger partial charge in [-0.25, -0.2) is 4.79 Å². The van der Waals surface area contributed by atoms with Gasteiger partial charge in [-0.05, 0) is 81.5 Å². The molecule has 1 aromatic rings. The van der Waals surface area contributed by atoms with E-state index in [0.717, 1.165) is 24.0 Å². The van der Waals surface area contributed by atoms with E-state index in [9.17, 15) is 26.4 Å². The maximum atomic E-state index is 12.6. The summed E-state index contributed by atoms with van der Waals surface area (Å²) in [6.07, 6.45) is 2.43. The monoisotopic (exact) mass is 435 g/mol. The molecule has 1 fully saturated rings. The Morgan fingerprint density at radius 3 is 2.21 bits per heavy atom. The average Bonchev–Trinajstić information content (AvgIpc) is 2.79. The second-order valence-electron chi connectivity index (χ2n) is 8.59. The predicted octanol–water partition coefficient (Wildman–Crippen LogP) is 3.93. The number of fused-ring (bicyclic) bond motifs is 3. The zero-order valence-corrected chi connectivity index (χ0v) is 17.2. The SMILES string of the molecule is CC(C)(C)OC(=O)N[C@H]1C2CC[C@@H]1Cc1cc(OS(=O)(=O)C(F)(F)F)ccc1C2. The van der Waals surface area contributed by atoms with Gasteiger partial charge in [0.1, 0.15) is 11.4 Å². The van der Waals surface area contributed by atoms with Crippen molar-refractivity contribution in [3.63, 3.8) is 0 Å². The number of hydrogen-bond donors (Lipinski definition) is 1. The number of carbonyl (C=O) groups is 1. The van der Waals surface area contributed by atoms with E-state index in [4.69, 9.17) is 4.74 Å². The van der Waals surface area contributed by atoms with Crippen LogP contribution < -0.4 is 9.50 Å². The van der Waals surface area contributed by atoms with Crippen molar-refractivity contribution in [3.05, 3.63) is 29.3 Å². The Balaban J connectivity index is 1.77. The van der Waals surface area contributed by atoms with E-state index in [-0.39, 0.29) is 23.6 Å². The van der Waals surface area contributed by atoms with Gasteiger partial charge in [0.2, 0.25) is 0 Å². The van der Waals surface area contributed by atoms with Crippen molar-refractivity contribution in [1.29, 1.82) is 0 Å². The maximum Gasteiger partial charge on any atom is 0.534 e. The van der Waals surface area contributed by atoms with Gasteiger partial charge in [0.15, 0.2) is 0 Å². The Hall–Kier alpha value is -1.97. The van der Waals surface area contributed by atoms with Crippen molar-refractivity contribution >= 4 is 16.2 Å². The van der Waals surface area contributed by atoms with Crippen molar-refractivity contribution in [2.45, 2.75) is 63.6 Å². The lowest BCUT2D eigenvalue weighted by Gasteiger charge is -2.26. The molecular formula is C19H24F3NO5S. The Bertz CT molecular complexity index is 892. The molecule has 2 aliphatic rings. The summed E-state index contributed by atoms with van der Waals surface area (Å²) in [4.78, 5) is 12.2. The molecule has 0 radical (unpaired) electrons. The van der Waals surface area contributed by atoms with Crippen molar-refractivity contribution in [2.24, 2.45) is 11.8 Å². The van der Waals surface area contributed by atoms with Gasteiger partial charge in [0.05, 0.1) is 0 Å². The van der Waals surface area contributed by atoms with Crippen LogP contribution in [0.3, 0.4) is 0 Å². The second kappa shape index (κ2) is 7.37. The van der Waals surface area contributed by atoms with Gasteiger partial charge in [0, 0.05) is 6.04 Å². The maximum absolute atomic E-state index is 12.6. The van der Waals surface area contributed by atoms with Gasteiger partial charge in [-0.2, -0.15) is 21.6 Å². The van der Waals surface area contributed by atoms with Gasteiger partial charge in [-0.1, -0.05) is 6.07 Å². The van der Waals surface area contributed by atoms with Crippen LogP contribution in [-0.4, -0.2) is 31.7 Å². The minimum atomic E-state index is -5.71. The fourth-order valence-electron chi connectivity index (χ4n) is 4.09. The lowest BCUT2D eigenvalue weighted by Crippen LogP contribution is -2.44. The molecule has 0 heterocycles. The van der Waals surface area contributed by atoms with Crippen LogP contribution in [0.2, 0.25) is 0 Å². The van der Waals surface area contributed by atoms with Gasteiger partial charge >= 0.3 is 21.7 Å². The number of amides is 1. The first-order valence-corrected chi connectivity index (χ1v) is 10.8. The van der Waals surface area contributed by atoms with Crippen LogP contribution in [0.15, 0.2) is 18.2 Å². The lowest BCUT2D eigenvalue weighted by molar-refractivity contribution is -0.0500. The molecule has 0 saturated heterocycles. The van der Waals surface area contributed by atoms with E-state index in [1.807, 2.05) is 0 Å².